The summed E-state index contributed by atoms with van der Waals surface area (Å²) in [5.41, 5.74) is 1.89. The number of carbonyl (C=O) groups excluding carboxylic acids is 4. The second-order valence-electron chi connectivity index (χ2n) is 15.8. The molecule has 0 radical (unpaired) electrons. The first-order valence-corrected chi connectivity index (χ1v) is 21.3. The van der Waals surface area contributed by atoms with Crippen LogP contribution in [0.4, 0.5) is 0 Å². The van der Waals surface area contributed by atoms with Gasteiger partial charge in [0.05, 0.1) is 24.8 Å². The number of halogens is 1. The number of allylic oxidation sites excluding steroid dienone is 2. The molecule has 0 saturated heterocycles. The largest absolute Gasteiger partial charge is 0.508 e. The number of phenols is 4. The topological polar surface area (TPSA) is 189 Å². The number of aromatic hydroxyl groups is 4. The lowest BCUT2D eigenvalue weighted by atomic mass is 9.88. The molecule has 0 bridgehead atoms. The van der Waals surface area contributed by atoms with Crippen LogP contribution in [0, 0.1) is 5.92 Å². The van der Waals surface area contributed by atoms with E-state index in [1.165, 1.54) is 25.3 Å². The minimum atomic E-state index is -0.950. The van der Waals surface area contributed by atoms with E-state index in [2.05, 4.69) is 0 Å². The summed E-state index contributed by atoms with van der Waals surface area (Å²) in [6, 6.07) is 19.8. The molecule has 0 aromatic heterocycles. The Labute approximate surface area is 371 Å². The number of hydrogen-bond acceptors (Lipinski definition) is 12. The highest BCUT2D eigenvalue weighted by Crippen LogP contribution is 2.39. The molecule has 1 amide bonds. The fourth-order valence-electron chi connectivity index (χ4n) is 8.06. The molecule has 13 nitrogen and oxygen atoms in total. The number of cyclic esters (lactones) is 2. The number of ether oxygens (including phenoxy) is 3. The number of benzene rings is 4. The highest BCUT2D eigenvalue weighted by Gasteiger charge is 2.30. The van der Waals surface area contributed by atoms with Crippen LogP contribution >= 0.6 is 11.6 Å². The van der Waals surface area contributed by atoms with Gasteiger partial charge in [-0.25, -0.2) is 14.7 Å². The number of Topliss-reactive ketones (excluding diaryl/α,β-unsaturated/α-hetero) is 1. The molecule has 332 valence electrons. The molecular formula is C49H52ClNO12. The molecule has 14 heteroatoms. The van der Waals surface area contributed by atoms with E-state index in [1.807, 2.05) is 54.6 Å². The Balaban J connectivity index is 1.22. The Bertz CT molecular complexity index is 2340. The van der Waals surface area contributed by atoms with Crippen LogP contribution < -0.4 is 0 Å². The first-order chi connectivity index (χ1) is 30.3. The van der Waals surface area contributed by atoms with Gasteiger partial charge in [-0.1, -0.05) is 90.5 Å². The smallest absolute Gasteiger partial charge is 0.342 e. The maximum atomic E-state index is 14.0. The van der Waals surface area contributed by atoms with Gasteiger partial charge in [0, 0.05) is 56.9 Å². The van der Waals surface area contributed by atoms with Crippen molar-refractivity contribution in [3.8, 4) is 23.0 Å². The Morgan fingerprint density at radius 2 is 1.40 bits per heavy atom. The quantitative estimate of drug-likeness (QED) is 0.0748. The van der Waals surface area contributed by atoms with Gasteiger partial charge in [0.1, 0.15) is 52.1 Å². The number of amides is 1. The van der Waals surface area contributed by atoms with Crippen molar-refractivity contribution in [2.24, 2.45) is 5.92 Å². The molecule has 0 fully saturated rings. The van der Waals surface area contributed by atoms with E-state index >= 15 is 0 Å². The molecule has 4 aromatic rings. The van der Waals surface area contributed by atoms with Gasteiger partial charge in [-0.05, 0) is 66.3 Å². The molecule has 4 aromatic carbocycles. The number of esters is 2. The SMILES string of the molecule is COC1CC/C=C/C[C@H](c2cccc(CN(OC)C(=O)CC3CC/C=C/CC(c4ccccc4)OC(=O)c4c(O)cc(O)cc4C3)c2)OC(=O)c2c(O)cc(O)c(Cl)c2CC(=O)C1. The number of phenolic OH excluding ortho intramolecular Hbond substituents is 4. The van der Waals surface area contributed by atoms with Gasteiger partial charge < -0.3 is 34.6 Å². The summed E-state index contributed by atoms with van der Waals surface area (Å²) in [6.07, 6.45) is 8.58. The van der Waals surface area contributed by atoms with Crippen molar-refractivity contribution < 1.29 is 58.7 Å². The summed E-state index contributed by atoms with van der Waals surface area (Å²) < 4.78 is 17.5. The molecule has 4 N–H and O–H groups in total. The van der Waals surface area contributed by atoms with E-state index in [0.29, 0.717) is 48.8 Å². The summed E-state index contributed by atoms with van der Waals surface area (Å²) in [7, 11) is 2.89. The minimum absolute atomic E-state index is 0.00258. The van der Waals surface area contributed by atoms with Crippen molar-refractivity contribution in [1.29, 1.82) is 0 Å². The molecule has 2 heterocycles. The molecule has 6 rings (SSSR count). The normalized spacial score (nSPS) is 21.2. The lowest BCUT2D eigenvalue weighted by Crippen LogP contribution is -2.31. The van der Waals surface area contributed by atoms with Gasteiger partial charge in [-0.3, -0.25) is 14.4 Å². The van der Waals surface area contributed by atoms with E-state index in [4.69, 9.17) is 30.6 Å². The zero-order valence-corrected chi connectivity index (χ0v) is 36.0. The van der Waals surface area contributed by atoms with Gasteiger partial charge >= 0.3 is 11.9 Å². The Kier molecular flexibility index (Phi) is 16.0. The number of fused-ring (bicyclic) bond motifs is 2. The zero-order valence-electron chi connectivity index (χ0n) is 35.2. The van der Waals surface area contributed by atoms with Crippen LogP contribution in [0.2, 0.25) is 5.02 Å². The molecule has 2 aliphatic heterocycles. The monoisotopic (exact) mass is 881 g/mol. The summed E-state index contributed by atoms with van der Waals surface area (Å²) in [5.74, 6) is -4.45. The highest BCUT2D eigenvalue weighted by atomic mass is 35.5. The van der Waals surface area contributed by atoms with Crippen molar-refractivity contribution in [2.75, 3.05) is 14.2 Å². The van der Waals surface area contributed by atoms with Crippen molar-refractivity contribution in [1.82, 2.24) is 5.06 Å². The van der Waals surface area contributed by atoms with E-state index in [-0.39, 0.29) is 83.7 Å². The number of methoxy groups -OCH3 is 1. The third-order valence-corrected chi connectivity index (χ3v) is 11.7. The predicted molar refractivity (Wildman–Crippen MR) is 233 cm³/mol. The zero-order chi connectivity index (χ0) is 45.0. The van der Waals surface area contributed by atoms with Crippen LogP contribution in [0.1, 0.15) is 112 Å². The summed E-state index contributed by atoms with van der Waals surface area (Å²) in [5, 5.41) is 43.6. The lowest BCUT2D eigenvalue weighted by molar-refractivity contribution is -0.180. The molecule has 0 saturated carbocycles. The fraction of sp³-hybridized carbons (Fsp3) is 0.347. The van der Waals surface area contributed by atoms with Gasteiger partial charge in [0.25, 0.3) is 0 Å². The Hall–Kier alpha value is -6.15. The van der Waals surface area contributed by atoms with Crippen LogP contribution in [0.15, 0.2) is 97.1 Å². The molecule has 4 atom stereocenters. The molecular weight excluding hydrogens is 830 g/mol. The van der Waals surface area contributed by atoms with E-state index < -0.39 is 47.5 Å². The standard InChI is InChI=1S/C49H52ClNO12/c1-60-37-18-9-5-11-20-43(63-49(59)46-38(26-36(53)25-37)47(50)41(56)28-40(46)55)33-17-12-14-31(22-33)29-51(61-2)44(57)23-30-13-6-3-10-19-42(32-15-7-4-8-16-32)62-48(58)45-34(21-30)24-35(52)27-39(45)54/h3-5,7-8,10-12,14-17,22,24,27-28,30,37,42-43,52,54-56H,6,9,13,18-21,23,25-26,29H2,1-2H3/b10-3+,11-5+/t30?,37?,42?,43-/m1/s1. The van der Waals surface area contributed by atoms with Gasteiger partial charge in [0.15, 0.2) is 0 Å². The lowest BCUT2D eigenvalue weighted by Gasteiger charge is -2.25. The number of carbonyl (C=O) groups is 4. The average Bonchev–Trinajstić information content (AvgIpc) is 3.25. The second-order valence-corrected chi connectivity index (χ2v) is 16.1. The average molecular weight is 882 g/mol. The summed E-state index contributed by atoms with van der Waals surface area (Å²) in [4.78, 5) is 60.3. The van der Waals surface area contributed by atoms with Gasteiger partial charge in [-0.15, -0.1) is 0 Å². The maximum Gasteiger partial charge on any atom is 0.342 e. The van der Waals surface area contributed by atoms with E-state index in [1.54, 1.807) is 24.3 Å². The predicted octanol–water partition coefficient (Wildman–Crippen LogP) is 9.09. The number of rotatable bonds is 8. The van der Waals surface area contributed by atoms with Crippen LogP contribution in [0.5, 0.6) is 23.0 Å². The van der Waals surface area contributed by atoms with Crippen molar-refractivity contribution >= 4 is 35.2 Å². The molecule has 0 aliphatic carbocycles. The van der Waals surface area contributed by atoms with Crippen molar-refractivity contribution in [3.05, 3.63) is 141 Å². The number of nitrogens with zero attached hydrogens (tertiary/aromatic N) is 1. The fourth-order valence-corrected chi connectivity index (χ4v) is 8.27. The minimum Gasteiger partial charge on any atom is -0.508 e. The maximum absolute atomic E-state index is 14.0. The van der Waals surface area contributed by atoms with Gasteiger partial charge in [0.2, 0.25) is 5.91 Å². The third-order valence-electron chi connectivity index (χ3n) is 11.3. The van der Waals surface area contributed by atoms with E-state index in [9.17, 15) is 39.6 Å². The number of hydrogen-bond donors (Lipinski definition) is 4. The second kappa shape index (κ2) is 21.8. The molecule has 3 unspecified atom stereocenters. The van der Waals surface area contributed by atoms with Gasteiger partial charge in [-0.2, -0.15) is 0 Å². The Morgan fingerprint density at radius 1 is 0.746 bits per heavy atom. The number of hydroxylamine groups is 2. The first kappa shape index (κ1) is 46.4. The molecule has 0 spiro atoms. The van der Waals surface area contributed by atoms with Crippen LogP contribution in [0.25, 0.3) is 0 Å². The summed E-state index contributed by atoms with van der Waals surface area (Å²) in [6.45, 7) is 0.0106. The first-order valence-electron chi connectivity index (χ1n) is 20.9. The highest BCUT2D eigenvalue weighted by molar-refractivity contribution is 6.33. The summed E-state index contributed by atoms with van der Waals surface area (Å²) >= 11 is 6.42. The van der Waals surface area contributed by atoms with Crippen molar-refractivity contribution in [2.45, 2.75) is 89.1 Å². The van der Waals surface area contributed by atoms with E-state index in [0.717, 1.165) is 17.7 Å². The Morgan fingerprint density at radius 3 is 2.10 bits per heavy atom. The number of ketones is 1. The third kappa shape index (κ3) is 12.1. The van der Waals surface area contributed by atoms with Crippen LogP contribution in [-0.2, 0) is 48.0 Å². The van der Waals surface area contributed by atoms with Crippen molar-refractivity contribution in [3.63, 3.8) is 0 Å². The molecule has 2 aliphatic rings. The van der Waals surface area contributed by atoms with Crippen LogP contribution in [0.3, 0.4) is 0 Å². The van der Waals surface area contributed by atoms with Crippen LogP contribution in [-0.4, -0.2) is 69.4 Å². The molecule has 63 heavy (non-hydrogen) atoms.